The van der Waals surface area contributed by atoms with Crippen LogP contribution in [0.4, 0.5) is 0 Å². The fourth-order valence-electron chi connectivity index (χ4n) is 1.91. The van der Waals surface area contributed by atoms with Crippen LogP contribution in [0.3, 0.4) is 0 Å². The zero-order valence-corrected chi connectivity index (χ0v) is 10.2. The van der Waals surface area contributed by atoms with E-state index in [4.69, 9.17) is 16.7 Å². The third-order valence-electron chi connectivity index (χ3n) is 2.89. The number of rotatable bonds is 5. The van der Waals surface area contributed by atoms with Crippen molar-refractivity contribution < 1.29 is 5.11 Å². The van der Waals surface area contributed by atoms with Gasteiger partial charge >= 0.3 is 0 Å². The van der Waals surface area contributed by atoms with Crippen molar-refractivity contribution in [1.29, 1.82) is 0 Å². The Hall–Kier alpha value is -0.530. The molecule has 84 valence electrons. The zero-order valence-electron chi connectivity index (χ0n) is 9.46. The fourth-order valence-corrected chi connectivity index (χ4v) is 2.27. The van der Waals surface area contributed by atoms with E-state index in [9.17, 15) is 0 Å². The summed E-state index contributed by atoms with van der Waals surface area (Å²) in [4.78, 5) is 0. The van der Waals surface area contributed by atoms with E-state index in [2.05, 4.69) is 26.0 Å². The first kappa shape index (κ1) is 12.5. The molecule has 1 aromatic carbocycles. The van der Waals surface area contributed by atoms with Gasteiger partial charge < -0.3 is 5.11 Å². The van der Waals surface area contributed by atoms with E-state index in [1.54, 1.807) is 0 Å². The van der Waals surface area contributed by atoms with Crippen LogP contribution in [0, 0.1) is 0 Å². The predicted molar refractivity (Wildman–Crippen MR) is 65.6 cm³/mol. The average Bonchev–Trinajstić information content (AvgIpc) is 2.23. The second-order valence-electron chi connectivity index (χ2n) is 3.84. The van der Waals surface area contributed by atoms with Crippen LogP contribution >= 0.6 is 11.6 Å². The molecule has 1 N–H and O–H groups in total. The summed E-state index contributed by atoms with van der Waals surface area (Å²) in [7, 11) is 0. The fraction of sp³-hybridized carbons (Fsp3) is 0.538. The molecule has 0 aliphatic heterocycles. The topological polar surface area (TPSA) is 20.2 Å². The van der Waals surface area contributed by atoms with Crippen molar-refractivity contribution in [3.8, 4) is 0 Å². The second kappa shape index (κ2) is 6.14. The minimum atomic E-state index is 0.181. The highest BCUT2D eigenvalue weighted by Gasteiger charge is 2.10. The van der Waals surface area contributed by atoms with Crippen LogP contribution in [0.15, 0.2) is 18.2 Å². The van der Waals surface area contributed by atoms with E-state index in [-0.39, 0.29) is 6.61 Å². The van der Waals surface area contributed by atoms with Gasteiger partial charge in [0.2, 0.25) is 0 Å². The maximum atomic E-state index is 8.84. The highest BCUT2D eigenvalue weighted by atomic mass is 35.5. The van der Waals surface area contributed by atoms with Crippen LogP contribution in [0.25, 0.3) is 0 Å². The standard InChI is InChI=1S/C13H19ClO/c1-3-11(4-2)12-6-5-10(7-8-15)9-13(12)14/h5-6,9,11,15H,3-4,7-8H2,1-2H3. The van der Waals surface area contributed by atoms with E-state index in [1.165, 1.54) is 5.56 Å². The Labute approximate surface area is 97.1 Å². The van der Waals surface area contributed by atoms with Crippen molar-refractivity contribution in [2.24, 2.45) is 0 Å². The molecule has 0 aliphatic carbocycles. The molecule has 0 radical (unpaired) electrons. The van der Waals surface area contributed by atoms with Crippen LogP contribution in [0.5, 0.6) is 0 Å². The lowest BCUT2D eigenvalue weighted by atomic mass is 9.93. The highest BCUT2D eigenvalue weighted by Crippen LogP contribution is 2.30. The minimum absolute atomic E-state index is 0.181. The molecule has 0 spiro atoms. The van der Waals surface area contributed by atoms with Gasteiger partial charge in [-0.15, -0.1) is 0 Å². The van der Waals surface area contributed by atoms with Crippen molar-refractivity contribution in [1.82, 2.24) is 0 Å². The maximum absolute atomic E-state index is 8.84. The summed E-state index contributed by atoms with van der Waals surface area (Å²) in [5.74, 6) is 0.556. The molecule has 2 heteroatoms. The molecule has 0 heterocycles. The Morgan fingerprint density at radius 1 is 1.27 bits per heavy atom. The van der Waals surface area contributed by atoms with E-state index in [1.807, 2.05) is 6.07 Å². The third kappa shape index (κ3) is 3.22. The van der Waals surface area contributed by atoms with Crippen molar-refractivity contribution in [3.63, 3.8) is 0 Å². The molecule has 0 saturated carbocycles. The van der Waals surface area contributed by atoms with Crippen LogP contribution in [0.2, 0.25) is 5.02 Å². The number of hydrogen-bond acceptors (Lipinski definition) is 1. The van der Waals surface area contributed by atoms with Crippen molar-refractivity contribution in [2.45, 2.75) is 39.0 Å². The smallest absolute Gasteiger partial charge is 0.0471 e. The van der Waals surface area contributed by atoms with Gasteiger partial charge in [0.15, 0.2) is 0 Å². The zero-order chi connectivity index (χ0) is 11.3. The van der Waals surface area contributed by atoms with Crippen molar-refractivity contribution in [3.05, 3.63) is 34.3 Å². The number of halogens is 1. The summed E-state index contributed by atoms with van der Waals surface area (Å²) < 4.78 is 0. The predicted octanol–water partition coefficient (Wildman–Crippen LogP) is 3.78. The summed E-state index contributed by atoms with van der Waals surface area (Å²) in [5, 5.41) is 9.68. The van der Waals surface area contributed by atoms with Gasteiger partial charge in [-0.05, 0) is 42.4 Å². The molecule has 1 aromatic rings. The third-order valence-corrected chi connectivity index (χ3v) is 3.22. The average molecular weight is 227 g/mol. The molecule has 1 rings (SSSR count). The Kier molecular flexibility index (Phi) is 5.13. The molecule has 0 unspecified atom stereocenters. The van der Waals surface area contributed by atoms with Gasteiger partial charge in [-0.2, -0.15) is 0 Å². The lowest BCUT2D eigenvalue weighted by molar-refractivity contribution is 0.299. The van der Waals surface area contributed by atoms with Gasteiger partial charge in [0.05, 0.1) is 0 Å². The maximum Gasteiger partial charge on any atom is 0.0471 e. The number of hydrogen-bond donors (Lipinski definition) is 1. The second-order valence-corrected chi connectivity index (χ2v) is 4.25. The highest BCUT2D eigenvalue weighted by molar-refractivity contribution is 6.31. The summed E-state index contributed by atoms with van der Waals surface area (Å²) in [5.41, 5.74) is 2.35. The Bertz CT molecular complexity index is 305. The van der Waals surface area contributed by atoms with E-state index in [0.717, 1.165) is 23.4 Å². The van der Waals surface area contributed by atoms with Crippen LogP contribution < -0.4 is 0 Å². The Morgan fingerprint density at radius 2 is 1.93 bits per heavy atom. The molecule has 0 amide bonds. The normalized spacial score (nSPS) is 11.0. The lowest BCUT2D eigenvalue weighted by Gasteiger charge is -2.15. The molecular formula is C13H19ClO. The molecule has 0 bridgehead atoms. The summed E-state index contributed by atoms with van der Waals surface area (Å²) >= 11 is 6.24. The van der Waals surface area contributed by atoms with Crippen molar-refractivity contribution in [2.75, 3.05) is 6.61 Å². The lowest BCUT2D eigenvalue weighted by Crippen LogP contribution is -1.98. The first-order valence-electron chi connectivity index (χ1n) is 5.62. The van der Waals surface area contributed by atoms with E-state index < -0.39 is 0 Å². The van der Waals surface area contributed by atoms with Gasteiger partial charge in [-0.1, -0.05) is 37.6 Å². The first-order valence-corrected chi connectivity index (χ1v) is 5.99. The van der Waals surface area contributed by atoms with Crippen molar-refractivity contribution >= 4 is 11.6 Å². The van der Waals surface area contributed by atoms with Gasteiger partial charge in [0.25, 0.3) is 0 Å². The number of aliphatic hydroxyl groups excluding tert-OH is 1. The summed E-state index contributed by atoms with van der Waals surface area (Å²) in [6, 6.07) is 6.15. The Balaban J connectivity index is 2.91. The molecule has 0 aromatic heterocycles. The van der Waals surface area contributed by atoms with E-state index >= 15 is 0 Å². The molecular weight excluding hydrogens is 208 g/mol. The van der Waals surface area contributed by atoms with Gasteiger partial charge in [0.1, 0.15) is 0 Å². The molecule has 0 aliphatic rings. The summed E-state index contributed by atoms with van der Waals surface area (Å²) in [6.07, 6.45) is 2.92. The van der Waals surface area contributed by atoms with Gasteiger partial charge in [-0.3, -0.25) is 0 Å². The molecule has 0 atom stereocenters. The minimum Gasteiger partial charge on any atom is -0.396 e. The molecule has 0 fully saturated rings. The van der Waals surface area contributed by atoms with Crippen LogP contribution in [0.1, 0.15) is 43.7 Å². The molecule has 1 nitrogen and oxygen atoms in total. The number of aliphatic hydroxyl groups is 1. The van der Waals surface area contributed by atoms with E-state index in [0.29, 0.717) is 12.3 Å². The van der Waals surface area contributed by atoms with Gasteiger partial charge in [0, 0.05) is 11.6 Å². The monoisotopic (exact) mass is 226 g/mol. The van der Waals surface area contributed by atoms with Crippen LogP contribution in [-0.4, -0.2) is 11.7 Å². The Morgan fingerprint density at radius 3 is 2.40 bits per heavy atom. The largest absolute Gasteiger partial charge is 0.396 e. The number of benzene rings is 1. The summed E-state index contributed by atoms with van der Waals surface area (Å²) in [6.45, 7) is 4.55. The molecule has 0 saturated heterocycles. The molecule has 15 heavy (non-hydrogen) atoms. The quantitative estimate of drug-likeness (QED) is 0.810. The van der Waals surface area contributed by atoms with Crippen LogP contribution in [-0.2, 0) is 6.42 Å². The van der Waals surface area contributed by atoms with Gasteiger partial charge in [-0.25, -0.2) is 0 Å². The SMILES string of the molecule is CCC(CC)c1ccc(CCO)cc1Cl. The first-order chi connectivity index (χ1) is 7.22.